The fourth-order valence-electron chi connectivity index (χ4n) is 2.63. The highest BCUT2D eigenvalue weighted by Crippen LogP contribution is 2.16. The highest BCUT2D eigenvalue weighted by atomic mass is 16.5. The maximum absolute atomic E-state index is 12.5. The summed E-state index contributed by atoms with van der Waals surface area (Å²) in [4.78, 5) is 26.7. The number of rotatable bonds is 3. The van der Waals surface area contributed by atoms with Gasteiger partial charge in [0.2, 0.25) is 0 Å². The third kappa shape index (κ3) is 3.84. The predicted octanol–water partition coefficient (Wildman–Crippen LogP) is 2.28. The number of hydrogen-bond acceptors (Lipinski definition) is 4. The van der Waals surface area contributed by atoms with Gasteiger partial charge in [-0.15, -0.1) is 0 Å². The lowest BCUT2D eigenvalue weighted by atomic mass is 10.1. The first-order valence-electron chi connectivity index (χ1n) is 7.96. The fourth-order valence-corrected chi connectivity index (χ4v) is 2.63. The van der Waals surface area contributed by atoms with Crippen LogP contribution < -0.4 is 5.32 Å². The first kappa shape index (κ1) is 16.7. The van der Waals surface area contributed by atoms with Crippen molar-refractivity contribution in [2.24, 2.45) is 0 Å². The Morgan fingerprint density at radius 3 is 2.52 bits per heavy atom. The number of nitriles is 1. The molecule has 1 N–H and O–H groups in total. The zero-order valence-corrected chi connectivity index (χ0v) is 13.6. The van der Waals surface area contributed by atoms with E-state index in [0.717, 1.165) is 0 Å². The van der Waals surface area contributed by atoms with Crippen molar-refractivity contribution >= 4 is 17.5 Å². The third-order valence-electron chi connectivity index (χ3n) is 3.97. The van der Waals surface area contributed by atoms with Gasteiger partial charge in [-0.2, -0.15) is 5.26 Å². The fraction of sp³-hybridized carbons (Fsp3) is 0.211. The van der Waals surface area contributed by atoms with Crippen LogP contribution in [0.2, 0.25) is 0 Å². The van der Waals surface area contributed by atoms with Crippen molar-refractivity contribution in [3.05, 3.63) is 65.2 Å². The molecule has 1 aliphatic rings. The zero-order valence-electron chi connectivity index (χ0n) is 13.6. The summed E-state index contributed by atoms with van der Waals surface area (Å²) in [5.41, 5.74) is 1.66. The van der Waals surface area contributed by atoms with Crippen LogP contribution in [0.5, 0.6) is 0 Å². The van der Waals surface area contributed by atoms with Crippen LogP contribution in [0.3, 0.4) is 0 Å². The van der Waals surface area contributed by atoms with Crippen LogP contribution in [-0.4, -0.2) is 43.0 Å². The van der Waals surface area contributed by atoms with E-state index in [1.165, 1.54) is 0 Å². The average Bonchev–Trinajstić information content (AvgIpc) is 2.68. The summed E-state index contributed by atoms with van der Waals surface area (Å²) in [6.07, 6.45) is 0. The second kappa shape index (κ2) is 7.60. The number of morpholine rings is 1. The minimum absolute atomic E-state index is 0.115. The maximum atomic E-state index is 12.5. The van der Waals surface area contributed by atoms with Crippen molar-refractivity contribution in [3.63, 3.8) is 0 Å². The molecule has 6 nitrogen and oxygen atoms in total. The third-order valence-corrected chi connectivity index (χ3v) is 3.97. The van der Waals surface area contributed by atoms with Crippen LogP contribution in [0.25, 0.3) is 0 Å². The molecule has 0 saturated carbocycles. The Labute approximate surface area is 145 Å². The highest BCUT2D eigenvalue weighted by Gasteiger charge is 2.19. The first-order chi connectivity index (χ1) is 12.2. The SMILES string of the molecule is N#Cc1ccccc1NC(=O)c1cccc(C(=O)N2CCOCC2)c1. The Hall–Kier alpha value is -3.17. The van der Waals surface area contributed by atoms with Crippen molar-refractivity contribution in [2.75, 3.05) is 31.6 Å². The van der Waals surface area contributed by atoms with Crippen LogP contribution in [-0.2, 0) is 4.74 Å². The van der Waals surface area contributed by atoms with Crippen molar-refractivity contribution in [3.8, 4) is 6.07 Å². The molecule has 1 heterocycles. The molecular weight excluding hydrogens is 318 g/mol. The van der Waals surface area contributed by atoms with Crippen LogP contribution in [0.4, 0.5) is 5.69 Å². The maximum Gasteiger partial charge on any atom is 0.255 e. The van der Waals surface area contributed by atoms with E-state index < -0.39 is 0 Å². The van der Waals surface area contributed by atoms with Gasteiger partial charge in [0, 0.05) is 24.2 Å². The lowest BCUT2D eigenvalue weighted by Crippen LogP contribution is -2.40. The van der Waals surface area contributed by atoms with E-state index in [4.69, 9.17) is 10.00 Å². The van der Waals surface area contributed by atoms with E-state index in [0.29, 0.717) is 48.7 Å². The number of nitrogens with zero attached hydrogens (tertiary/aromatic N) is 2. The molecule has 1 aliphatic heterocycles. The lowest BCUT2D eigenvalue weighted by molar-refractivity contribution is 0.0303. The van der Waals surface area contributed by atoms with Gasteiger partial charge in [0.25, 0.3) is 11.8 Å². The second-order valence-corrected chi connectivity index (χ2v) is 5.60. The van der Waals surface area contributed by atoms with Gasteiger partial charge in [-0.3, -0.25) is 9.59 Å². The van der Waals surface area contributed by atoms with E-state index in [1.807, 2.05) is 6.07 Å². The van der Waals surface area contributed by atoms with Gasteiger partial charge in [0.1, 0.15) is 6.07 Å². The minimum Gasteiger partial charge on any atom is -0.378 e. The second-order valence-electron chi connectivity index (χ2n) is 5.60. The minimum atomic E-state index is -0.362. The quantitative estimate of drug-likeness (QED) is 0.933. The van der Waals surface area contributed by atoms with Crippen molar-refractivity contribution in [1.82, 2.24) is 4.90 Å². The molecular formula is C19H17N3O3. The molecule has 2 aromatic carbocycles. The van der Waals surface area contributed by atoms with Gasteiger partial charge in [0.05, 0.1) is 24.5 Å². The molecule has 0 aromatic heterocycles. The Kier molecular flexibility index (Phi) is 5.07. The molecule has 0 spiro atoms. The number of nitrogens with one attached hydrogen (secondary N) is 1. The van der Waals surface area contributed by atoms with Crippen LogP contribution in [0, 0.1) is 11.3 Å². The standard InChI is InChI=1S/C19H17N3O3/c20-13-16-4-1-2-7-17(16)21-18(23)14-5-3-6-15(12-14)19(24)22-8-10-25-11-9-22/h1-7,12H,8-11H2,(H,21,23). The first-order valence-corrected chi connectivity index (χ1v) is 7.96. The van der Waals surface area contributed by atoms with E-state index in [2.05, 4.69) is 5.32 Å². The van der Waals surface area contributed by atoms with Gasteiger partial charge in [-0.1, -0.05) is 18.2 Å². The number of amides is 2. The van der Waals surface area contributed by atoms with Gasteiger partial charge in [-0.05, 0) is 30.3 Å². The molecule has 3 rings (SSSR count). The molecule has 0 radical (unpaired) electrons. The summed E-state index contributed by atoms with van der Waals surface area (Å²) < 4.78 is 5.25. The van der Waals surface area contributed by atoms with Crippen molar-refractivity contribution in [2.45, 2.75) is 0 Å². The monoisotopic (exact) mass is 335 g/mol. The number of para-hydroxylation sites is 1. The summed E-state index contributed by atoms with van der Waals surface area (Å²) >= 11 is 0. The van der Waals surface area contributed by atoms with Crippen LogP contribution >= 0.6 is 0 Å². The number of hydrogen-bond donors (Lipinski definition) is 1. The van der Waals surface area contributed by atoms with Crippen molar-refractivity contribution in [1.29, 1.82) is 5.26 Å². The number of ether oxygens (including phenoxy) is 1. The molecule has 2 amide bonds. The number of carbonyl (C=O) groups excluding carboxylic acids is 2. The molecule has 1 fully saturated rings. The van der Waals surface area contributed by atoms with E-state index in [1.54, 1.807) is 53.4 Å². The van der Waals surface area contributed by atoms with E-state index in [-0.39, 0.29) is 11.8 Å². The van der Waals surface area contributed by atoms with E-state index >= 15 is 0 Å². The average molecular weight is 335 g/mol. The van der Waals surface area contributed by atoms with Gasteiger partial charge >= 0.3 is 0 Å². The number of carbonyl (C=O) groups is 2. The van der Waals surface area contributed by atoms with E-state index in [9.17, 15) is 9.59 Å². The van der Waals surface area contributed by atoms with Gasteiger partial charge in [0.15, 0.2) is 0 Å². The Bertz CT molecular complexity index is 836. The Balaban J connectivity index is 1.77. The molecule has 126 valence electrons. The molecule has 0 aliphatic carbocycles. The van der Waals surface area contributed by atoms with Crippen LogP contribution in [0.1, 0.15) is 26.3 Å². The summed E-state index contributed by atoms with van der Waals surface area (Å²) in [6, 6.07) is 15.4. The zero-order chi connectivity index (χ0) is 17.6. The Morgan fingerprint density at radius 1 is 1.04 bits per heavy atom. The molecule has 0 bridgehead atoms. The predicted molar refractivity (Wildman–Crippen MR) is 92.3 cm³/mol. The molecule has 1 saturated heterocycles. The largest absolute Gasteiger partial charge is 0.378 e. The topological polar surface area (TPSA) is 82.4 Å². The normalized spacial score (nSPS) is 13.8. The van der Waals surface area contributed by atoms with Gasteiger partial charge in [-0.25, -0.2) is 0 Å². The summed E-state index contributed by atoms with van der Waals surface area (Å²) in [5.74, 6) is -0.477. The molecule has 0 unspecified atom stereocenters. The smallest absolute Gasteiger partial charge is 0.255 e. The summed E-state index contributed by atoms with van der Waals surface area (Å²) in [6.45, 7) is 2.14. The Morgan fingerprint density at radius 2 is 1.76 bits per heavy atom. The number of benzene rings is 2. The summed E-state index contributed by atoms with van der Waals surface area (Å²) in [5, 5.41) is 11.8. The molecule has 25 heavy (non-hydrogen) atoms. The molecule has 0 atom stereocenters. The van der Waals surface area contributed by atoms with Crippen molar-refractivity contribution < 1.29 is 14.3 Å². The highest BCUT2D eigenvalue weighted by molar-refractivity contribution is 6.06. The summed E-state index contributed by atoms with van der Waals surface area (Å²) in [7, 11) is 0. The van der Waals surface area contributed by atoms with Gasteiger partial charge < -0.3 is 15.0 Å². The molecule has 6 heteroatoms. The lowest BCUT2D eigenvalue weighted by Gasteiger charge is -2.27. The molecule has 2 aromatic rings. The number of anilines is 1. The van der Waals surface area contributed by atoms with Crippen LogP contribution in [0.15, 0.2) is 48.5 Å².